The Labute approximate surface area is 209 Å². The molecule has 0 bridgehead atoms. The van der Waals surface area contributed by atoms with E-state index in [0.717, 1.165) is 12.8 Å². The molecule has 0 spiro atoms. The standard InChI is InChI=1S/C26H52NO6P/c1-5-6-7-8-9-10-11-12-13-14-15-16-17-18-19-20-22-31-24-26(28)25-33-34(29,30)32-23-21-27(2,3)4/h12-13,20,22,26,28H,5-11,14-19,21,23-25H2,1-4H3/p+1/b13-12-,22-20-/t26-/m1/s1. The summed E-state index contributed by atoms with van der Waals surface area (Å²) < 4.78 is 27.4. The molecule has 0 rings (SSSR count). The highest BCUT2D eigenvalue weighted by molar-refractivity contribution is 7.47. The van der Waals surface area contributed by atoms with Crippen molar-refractivity contribution in [3.05, 3.63) is 24.5 Å². The third kappa shape index (κ3) is 25.9. The van der Waals surface area contributed by atoms with E-state index in [1.54, 1.807) is 6.26 Å². The molecule has 2 atom stereocenters. The summed E-state index contributed by atoms with van der Waals surface area (Å²) in [7, 11) is 1.71. The van der Waals surface area contributed by atoms with E-state index in [-0.39, 0.29) is 19.8 Å². The Morgan fingerprint density at radius 3 is 1.88 bits per heavy atom. The monoisotopic (exact) mass is 506 g/mol. The average molecular weight is 507 g/mol. The first kappa shape index (κ1) is 33.3. The molecular weight excluding hydrogens is 453 g/mol. The Balaban J connectivity index is 3.53. The number of likely N-dealkylation sites (N-methyl/N-ethyl adjacent to an activating group) is 1. The average Bonchev–Trinajstić information content (AvgIpc) is 2.76. The van der Waals surface area contributed by atoms with Gasteiger partial charge in [-0.3, -0.25) is 9.05 Å². The minimum Gasteiger partial charge on any atom is -0.499 e. The molecule has 34 heavy (non-hydrogen) atoms. The van der Waals surface area contributed by atoms with E-state index in [1.165, 1.54) is 70.6 Å². The molecule has 0 aromatic heterocycles. The molecule has 7 nitrogen and oxygen atoms in total. The van der Waals surface area contributed by atoms with Crippen molar-refractivity contribution >= 4 is 7.82 Å². The lowest BCUT2D eigenvalue weighted by molar-refractivity contribution is -0.870. The summed E-state index contributed by atoms with van der Waals surface area (Å²) in [5.41, 5.74) is 0. The number of aliphatic hydroxyl groups is 1. The van der Waals surface area contributed by atoms with Crippen LogP contribution in [0.15, 0.2) is 24.5 Å². The Morgan fingerprint density at radius 2 is 1.32 bits per heavy atom. The molecule has 202 valence electrons. The van der Waals surface area contributed by atoms with Gasteiger partial charge in [-0.1, -0.05) is 64.0 Å². The molecule has 2 N–H and O–H groups in total. The van der Waals surface area contributed by atoms with Gasteiger partial charge in [0.25, 0.3) is 0 Å². The Kier molecular flexibility index (Phi) is 21.1. The highest BCUT2D eigenvalue weighted by atomic mass is 31.2. The van der Waals surface area contributed by atoms with Crippen LogP contribution in [0.3, 0.4) is 0 Å². The van der Waals surface area contributed by atoms with Gasteiger partial charge in [-0.05, 0) is 44.6 Å². The van der Waals surface area contributed by atoms with Crippen molar-refractivity contribution in [3.8, 4) is 0 Å². The molecule has 0 saturated carbocycles. The van der Waals surface area contributed by atoms with Gasteiger partial charge in [-0.2, -0.15) is 0 Å². The molecule has 0 aliphatic carbocycles. The van der Waals surface area contributed by atoms with Crippen LogP contribution in [0.4, 0.5) is 0 Å². The van der Waals surface area contributed by atoms with Gasteiger partial charge in [0.05, 0.1) is 34.0 Å². The van der Waals surface area contributed by atoms with Gasteiger partial charge < -0.3 is 19.2 Å². The van der Waals surface area contributed by atoms with Gasteiger partial charge >= 0.3 is 7.82 Å². The maximum absolute atomic E-state index is 11.8. The minimum absolute atomic E-state index is 0.000451. The van der Waals surface area contributed by atoms with Crippen LogP contribution < -0.4 is 0 Å². The predicted octanol–water partition coefficient (Wildman–Crippen LogP) is 6.36. The molecule has 0 aliphatic rings. The second kappa shape index (κ2) is 21.6. The SMILES string of the molecule is CCCCCCCC/C=C\CCCCCC/C=C\OC[C@@H](O)COP(=O)(O)OCC[N+](C)(C)C. The zero-order valence-electron chi connectivity index (χ0n) is 22.3. The van der Waals surface area contributed by atoms with Gasteiger partial charge in [0.15, 0.2) is 0 Å². The van der Waals surface area contributed by atoms with Crippen molar-refractivity contribution < 1.29 is 32.8 Å². The van der Waals surface area contributed by atoms with Gasteiger partial charge in [0.2, 0.25) is 0 Å². The number of unbranched alkanes of at least 4 members (excludes halogenated alkanes) is 11. The summed E-state index contributed by atoms with van der Waals surface area (Å²) in [4.78, 5) is 9.62. The van der Waals surface area contributed by atoms with E-state index >= 15 is 0 Å². The highest BCUT2D eigenvalue weighted by Gasteiger charge is 2.24. The van der Waals surface area contributed by atoms with Crippen molar-refractivity contribution in [1.29, 1.82) is 0 Å². The molecule has 0 aromatic rings. The summed E-state index contributed by atoms with van der Waals surface area (Å²) >= 11 is 0. The second-order valence-corrected chi connectivity index (χ2v) is 11.4. The number of phosphoric ester groups is 1. The Morgan fingerprint density at radius 1 is 0.794 bits per heavy atom. The lowest BCUT2D eigenvalue weighted by Crippen LogP contribution is -2.37. The lowest BCUT2D eigenvalue weighted by Gasteiger charge is -2.24. The van der Waals surface area contributed by atoms with Crippen molar-refractivity contribution in [3.63, 3.8) is 0 Å². The first-order valence-corrected chi connectivity index (χ1v) is 14.7. The van der Waals surface area contributed by atoms with Gasteiger partial charge in [-0.15, -0.1) is 0 Å². The van der Waals surface area contributed by atoms with Crippen LogP contribution in [-0.2, 0) is 18.3 Å². The van der Waals surface area contributed by atoms with E-state index in [0.29, 0.717) is 11.0 Å². The van der Waals surface area contributed by atoms with E-state index in [9.17, 15) is 14.6 Å². The smallest absolute Gasteiger partial charge is 0.472 e. The van der Waals surface area contributed by atoms with Crippen molar-refractivity contribution in [2.45, 2.75) is 96.5 Å². The molecule has 0 aliphatic heterocycles. The molecule has 0 heterocycles. The summed E-state index contributed by atoms with van der Waals surface area (Å²) in [6.07, 6.45) is 23.5. The van der Waals surface area contributed by atoms with Crippen LogP contribution in [-0.4, -0.2) is 68.1 Å². The normalized spacial score (nSPS) is 15.2. The summed E-state index contributed by atoms with van der Waals surface area (Å²) in [5.74, 6) is 0. The highest BCUT2D eigenvalue weighted by Crippen LogP contribution is 2.43. The summed E-state index contributed by atoms with van der Waals surface area (Å²) in [5, 5.41) is 9.82. The van der Waals surface area contributed by atoms with Crippen molar-refractivity contribution in [2.75, 3.05) is 47.5 Å². The number of rotatable bonds is 24. The molecule has 1 unspecified atom stereocenters. The fourth-order valence-electron chi connectivity index (χ4n) is 3.15. The van der Waals surface area contributed by atoms with Crippen LogP contribution in [0.25, 0.3) is 0 Å². The topological polar surface area (TPSA) is 85.2 Å². The third-order valence-corrected chi connectivity index (χ3v) is 6.29. The van der Waals surface area contributed by atoms with Gasteiger partial charge in [0, 0.05) is 0 Å². The fraction of sp³-hybridized carbons (Fsp3) is 0.846. The van der Waals surface area contributed by atoms with E-state index in [4.69, 9.17) is 13.8 Å². The molecule has 0 aromatic carbocycles. The first-order chi connectivity index (χ1) is 16.2. The minimum atomic E-state index is -4.16. The van der Waals surface area contributed by atoms with E-state index in [1.807, 2.05) is 27.2 Å². The molecular formula is C26H53NO6P+. The van der Waals surface area contributed by atoms with Crippen molar-refractivity contribution in [1.82, 2.24) is 0 Å². The van der Waals surface area contributed by atoms with Crippen LogP contribution in [0.2, 0.25) is 0 Å². The fourth-order valence-corrected chi connectivity index (χ4v) is 3.90. The largest absolute Gasteiger partial charge is 0.499 e. The van der Waals surface area contributed by atoms with E-state index in [2.05, 4.69) is 19.1 Å². The quantitative estimate of drug-likeness (QED) is 0.0521. The van der Waals surface area contributed by atoms with Crippen LogP contribution in [0.5, 0.6) is 0 Å². The van der Waals surface area contributed by atoms with Gasteiger partial charge in [-0.25, -0.2) is 4.57 Å². The maximum atomic E-state index is 11.8. The maximum Gasteiger partial charge on any atom is 0.472 e. The Hall–Kier alpha value is -0.690. The molecule has 0 fully saturated rings. The molecule has 0 saturated heterocycles. The number of nitrogens with zero attached hydrogens (tertiary/aromatic N) is 1. The third-order valence-electron chi connectivity index (χ3n) is 5.31. The van der Waals surface area contributed by atoms with Crippen molar-refractivity contribution in [2.24, 2.45) is 0 Å². The zero-order valence-corrected chi connectivity index (χ0v) is 23.2. The number of hydrogen-bond acceptors (Lipinski definition) is 5. The Bertz CT molecular complexity index is 562. The molecule has 0 amide bonds. The zero-order chi connectivity index (χ0) is 25.5. The predicted molar refractivity (Wildman–Crippen MR) is 141 cm³/mol. The lowest BCUT2D eigenvalue weighted by atomic mass is 10.1. The number of aliphatic hydroxyl groups excluding tert-OH is 1. The van der Waals surface area contributed by atoms with E-state index < -0.39 is 13.9 Å². The number of phosphoric acid groups is 1. The number of quaternary nitrogens is 1. The second-order valence-electron chi connectivity index (χ2n) is 9.99. The summed E-state index contributed by atoms with van der Waals surface area (Å²) in [6, 6.07) is 0. The van der Waals surface area contributed by atoms with Gasteiger partial charge in [0.1, 0.15) is 25.9 Å². The van der Waals surface area contributed by atoms with Crippen LogP contribution in [0.1, 0.15) is 90.4 Å². The molecule has 0 radical (unpaired) electrons. The number of hydrogen-bond donors (Lipinski definition) is 2. The number of ether oxygens (including phenoxy) is 1. The molecule has 8 heteroatoms. The van der Waals surface area contributed by atoms with Crippen LogP contribution in [0, 0.1) is 0 Å². The van der Waals surface area contributed by atoms with Crippen LogP contribution >= 0.6 is 7.82 Å². The first-order valence-electron chi connectivity index (χ1n) is 13.2. The number of allylic oxidation sites excluding steroid dienone is 3. The summed E-state index contributed by atoms with van der Waals surface area (Å²) in [6.45, 7) is 2.61.